The van der Waals surface area contributed by atoms with Crippen molar-refractivity contribution < 1.29 is 0 Å². The van der Waals surface area contributed by atoms with Crippen molar-refractivity contribution in [1.82, 2.24) is 5.32 Å². The fourth-order valence-electron chi connectivity index (χ4n) is 1.90. The average Bonchev–Trinajstić information content (AvgIpc) is 2.71. The average molecular weight is 169 g/mol. The van der Waals surface area contributed by atoms with Gasteiger partial charge in [-0.1, -0.05) is 33.6 Å². The lowest BCUT2D eigenvalue weighted by molar-refractivity contribution is 0.442. The van der Waals surface area contributed by atoms with Gasteiger partial charge >= 0.3 is 0 Å². The number of hydrogen-bond acceptors (Lipinski definition) is 1. The van der Waals surface area contributed by atoms with Crippen LogP contribution in [0.1, 0.15) is 52.9 Å². The van der Waals surface area contributed by atoms with E-state index < -0.39 is 0 Å². The zero-order valence-electron chi connectivity index (χ0n) is 8.82. The zero-order valence-corrected chi connectivity index (χ0v) is 8.82. The summed E-state index contributed by atoms with van der Waals surface area (Å²) in [6.45, 7) is 8.14. The van der Waals surface area contributed by atoms with Gasteiger partial charge in [0, 0.05) is 6.04 Å². The van der Waals surface area contributed by atoms with E-state index in [1.54, 1.807) is 0 Å². The second-order valence-corrected chi connectivity index (χ2v) is 4.47. The largest absolute Gasteiger partial charge is 0.313 e. The Morgan fingerprint density at radius 3 is 2.67 bits per heavy atom. The summed E-state index contributed by atoms with van der Waals surface area (Å²) in [7, 11) is 0. The predicted molar refractivity (Wildman–Crippen MR) is 54.3 cm³/mol. The Morgan fingerprint density at radius 2 is 2.08 bits per heavy atom. The predicted octanol–water partition coefficient (Wildman–Crippen LogP) is 2.95. The highest BCUT2D eigenvalue weighted by Gasteiger charge is 2.48. The Hall–Kier alpha value is -0.0400. The van der Waals surface area contributed by atoms with E-state index in [-0.39, 0.29) is 0 Å². The monoisotopic (exact) mass is 169 g/mol. The van der Waals surface area contributed by atoms with Gasteiger partial charge in [0.25, 0.3) is 0 Å². The van der Waals surface area contributed by atoms with Gasteiger partial charge in [0.15, 0.2) is 0 Å². The molecule has 12 heavy (non-hydrogen) atoms. The van der Waals surface area contributed by atoms with Crippen LogP contribution in [-0.4, -0.2) is 12.6 Å². The van der Waals surface area contributed by atoms with Crippen LogP contribution in [0.3, 0.4) is 0 Å². The molecule has 1 aliphatic carbocycles. The Balaban J connectivity index is 2.10. The summed E-state index contributed by atoms with van der Waals surface area (Å²) in [6.07, 6.45) is 6.84. The summed E-state index contributed by atoms with van der Waals surface area (Å²) < 4.78 is 0. The Labute approximate surface area is 76.9 Å². The molecule has 1 rings (SSSR count). The minimum atomic E-state index is 0.658. The highest BCUT2D eigenvalue weighted by Crippen LogP contribution is 2.49. The lowest BCUT2D eigenvalue weighted by Crippen LogP contribution is -2.22. The van der Waals surface area contributed by atoms with Crippen molar-refractivity contribution in [3.05, 3.63) is 0 Å². The molecule has 0 aromatic rings. The Morgan fingerprint density at radius 1 is 1.33 bits per heavy atom. The molecule has 0 heterocycles. The van der Waals surface area contributed by atoms with Crippen molar-refractivity contribution in [3.8, 4) is 0 Å². The molecule has 1 nitrogen and oxygen atoms in total. The van der Waals surface area contributed by atoms with Gasteiger partial charge in [0.05, 0.1) is 0 Å². The quantitative estimate of drug-likeness (QED) is 0.644. The van der Waals surface area contributed by atoms with E-state index >= 15 is 0 Å². The fourth-order valence-corrected chi connectivity index (χ4v) is 1.90. The first-order valence-electron chi connectivity index (χ1n) is 5.46. The first kappa shape index (κ1) is 10.0. The molecule has 0 amide bonds. The fraction of sp³-hybridized carbons (Fsp3) is 1.00. The van der Waals surface area contributed by atoms with Gasteiger partial charge in [-0.15, -0.1) is 0 Å². The van der Waals surface area contributed by atoms with Crippen LogP contribution in [-0.2, 0) is 0 Å². The molecule has 0 spiro atoms. The van der Waals surface area contributed by atoms with E-state index in [9.17, 15) is 0 Å². The van der Waals surface area contributed by atoms with Crippen LogP contribution in [0, 0.1) is 5.41 Å². The summed E-state index contributed by atoms with van der Waals surface area (Å²) in [5.74, 6) is 0. The highest BCUT2D eigenvalue weighted by molar-refractivity contribution is 5.04. The van der Waals surface area contributed by atoms with Gasteiger partial charge in [-0.3, -0.25) is 0 Å². The van der Waals surface area contributed by atoms with E-state index in [2.05, 4.69) is 26.1 Å². The molecule has 0 aliphatic heterocycles. The lowest BCUT2D eigenvalue weighted by atomic mass is 10.0. The number of hydrogen-bond donors (Lipinski definition) is 1. The molecule has 0 aromatic carbocycles. The summed E-state index contributed by atoms with van der Waals surface area (Å²) in [6, 6.07) is 0.837. The maximum atomic E-state index is 3.61. The molecule has 0 aromatic heterocycles. The molecule has 1 heteroatoms. The minimum absolute atomic E-state index is 0.658. The van der Waals surface area contributed by atoms with Gasteiger partial charge < -0.3 is 5.32 Å². The Kier molecular flexibility index (Phi) is 3.57. The molecule has 1 saturated carbocycles. The van der Waals surface area contributed by atoms with Gasteiger partial charge in [-0.2, -0.15) is 0 Å². The van der Waals surface area contributed by atoms with Crippen LogP contribution >= 0.6 is 0 Å². The molecule has 72 valence electrons. The summed E-state index contributed by atoms with van der Waals surface area (Å²) in [5, 5.41) is 3.61. The van der Waals surface area contributed by atoms with Gasteiger partial charge in [-0.25, -0.2) is 0 Å². The normalized spacial score (nSPS) is 33.8. The number of nitrogens with one attached hydrogen (secondary N) is 1. The van der Waals surface area contributed by atoms with Crippen molar-refractivity contribution in [3.63, 3.8) is 0 Å². The molecule has 1 fully saturated rings. The summed E-state index contributed by atoms with van der Waals surface area (Å²) in [5.41, 5.74) is 0.658. The van der Waals surface area contributed by atoms with Gasteiger partial charge in [0.2, 0.25) is 0 Å². The van der Waals surface area contributed by atoms with Gasteiger partial charge in [-0.05, 0) is 31.2 Å². The van der Waals surface area contributed by atoms with Crippen LogP contribution < -0.4 is 5.32 Å². The molecule has 2 atom stereocenters. The first-order valence-corrected chi connectivity index (χ1v) is 5.46. The first-order chi connectivity index (χ1) is 5.73. The van der Waals surface area contributed by atoms with Crippen LogP contribution in [0.25, 0.3) is 0 Å². The summed E-state index contributed by atoms with van der Waals surface area (Å²) in [4.78, 5) is 0. The molecule has 0 saturated heterocycles. The minimum Gasteiger partial charge on any atom is -0.313 e. The van der Waals surface area contributed by atoms with Crippen molar-refractivity contribution in [2.24, 2.45) is 5.41 Å². The molecule has 1 aliphatic rings. The molecule has 1 N–H and O–H groups in total. The van der Waals surface area contributed by atoms with Crippen molar-refractivity contribution in [2.75, 3.05) is 6.54 Å². The van der Waals surface area contributed by atoms with E-state index in [1.165, 1.54) is 38.6 Å². The third-order valence-electron chi connectivity index (χ3n) is 3.09. The standard InChI is InChI=1S/C11H23N/c1-4-6-7-11(3)9-10(11)12-8-5-2/h10,12H,4-9H2,1-3H3. The van der Waals surface area contributed by atoms with E-state index in [4.69, 9.17) is 0 Å². The number of rotatable bonds is 6. The second-order valence-electron chi connectivity index (χ2n) is 4.47. The van der Waals surface area contributed by atoms with E-state index in [0.29, 0.717) is 5.41 Å². The SMILES string of the molecule is CCCCC1(C)CC1NCCC. The topological polar surface area (TPSA) is 12.0 Å². The maximum absolute atomic E-state index is 3.61. The molecule has 0 radical (unpaired) electrons. The van der Waals surface area contributed by atoms with E-state index in [0.717, 1.165) is 6.04 Å². The molecule has 0 bridgehead atoms. The third-order valence-corrected chi connectivity index (χ3v) is 3.09. The van der Waals surface area contributed by atoms with Crippen molar-refractivity contribution in [1.29, 1.82) is 0 Å². The lowest BCUT2D eigenvalue weighted by Gasteiger charge is -2.10. The summed E-state index contributed by atoms with van der Waals surface area (Å²) >= 11 is 0. The van der Waals surface area contributed by atoms with Crippen LogP contribution in [0.15, 0.2) is 0 Å². The van der Waals surface area contributed by atoms with Crippen LogP contribution in [0.4, 0.5) is 0 Å². The maximum Gasteiger partial charge on any atom is 0.0127 e. The number of unbranched alkanes of at least 4 members (excludes halogenated alkanes) is 1. The smallest absolute Gasteiger partial charge is 0.0127 e. The third kappa shape index (κ3) is 2.48. The highest BCUT2D eigenvalue weighted by atomic mass is 15.0. The molecular weight excluding hydrogens is 146 g/mol. The van der Waals surface area contributed by atoms with Gasteiger partial charge in [0.1, 0.15) is 0 Å². The van der Waals surface area contributed by atoms with Crippen LogP contribution in [0.5, 0.6) is 0 Å². The van der Waals surface area contributed by atoms with Crippen LogP contribution in [0.2, 0.25) is 0 Å². The van der Waals surface area contributed by atoms with Crippen molar-refractivity contribution in [2.45, 2.75) is 58.9 Å². The zero-order chi connectivity index (χ0) is 9.03. The Bertz CT molecular complexity index is 133. The molecular formula is C11H23N. The van der Waals surface area contributed by atoms with E-state index in [1.807, 2.05) is 0 Å². The molecule has 2 unspecified atom stereocenters. The second kappa shape index (κ2) is 4.27. The van der Waals surface area contributed by atoms with Crippen molar-refractivity contribution >= 4 is 0 Å².